The van der Waals surface area contributed by atoms with Gasteiger partial charge in [-0.25, -0.2) is 0 Å². The van der Waals surface area contributed by atoms with Crippen molar-refractivity contribution in [3.05, 3.63) is 34.5 Å². The number of benzene rings is 1. The minimum absolute atomic E-state index is 0.525. The number of nitrogens with one attached hydrogen (secondary N) is 2. The van der Waals surface area contributed by atoms with E-state index < -0.39 is 0 Å². The summed E-state index contributed by atoms with van der Waals surface area (Å²) < 4.78 is 0. The fourth-order valence-corrected chi connectivity index (χ4v) is 4.10. The lowest BCUT2D eigenvalue weighted by atomic mass is 9.89. The van der Waals surface area contributed by atoms with Gasteiger partial charge in [0.15, 0.2) is 0 Å². The molecule has 1 aliphatic heterocycles. The maximum atomic E-state index is 6.15. The fraction of sp³-hybridized carbons (Fsp3) is 0.500. The van der Waals surface area contributed by atoms with Crippen LogP contribution >= 0.6 is 11.6 Å². The van der Waals surface area contributed by atoms with Crippen LogP contribution in [0, 0.1) is 5.92 Å². The van der Waals surface area contributed by atoms with E-state index in [4.69, 9.17) is 11.6 Å². The van der Waals surface area contributed by atoms with Crippen molar-refractivity contribution < 1.29 is 0 Å². The van der Waals surface area contributed by atoms with Crippen LogP contribution in [0.25, 0.3) is 10.9 Å². The Morgan fingerprint density at radius 1 is 1.16 bits per heavy atom. The number of rotatable bonds is 1. The summed E-state index contributed by atoms with van der Waals surface area (Å²) in [5.74, 6) is 0.808. The Balaban J connectivity index is 1.83. The van der Waals surface area contributed by atoms with E-state index in [1.54, 1.807) is 0 Å². The maximum Gasteiger partial charge on any atom is 0.0504 e. The largest absolute Gasteiger partial charge is 0.357 e. The molecule has 2 N–H and O–H groups in total. The number of fused-ring (bicyclic) bond motifs is 3. The molecular formula is C16H19ClN2. The molecule has 1 aromatic carbocycles. The van der Waals surface area contributed by atoms with Crippen LogP contribution in [0.3, 0.4) is 0 Å². The molecule has 0 saturated heterocycles. The summed E-state index contributed by atoms with van der Waals surface area (Å²) in [6.07, 6.45) is 6.63. The molecule has 1 saturated carbocycles. The predicted molar refractivity (Wildman–Crippen MR) is 79.7 cm³/mol. The Bertz CT molecular complexity index is 610. The summed E-state index contributed by atoms with van der Waals surface area (Å²) in [7, 11) is 0. The van der Waals surface area contributed by atoms with Gasteiger partial charge in [-0.15, -0.1) is 0 Å². The Kier molecular flexibility index (Phi) is 2.82. The zero-order chi connectivity index (χ0) is 12.8. The first-order valence-electron chi connectivity index (χ1n) is 7.36. The molecule has 1 atom stereocenters. The lowest BCUT2D eigenvalue weighted by Crippen LogP contribution is -2.33. The third-order valence-corrected chi connectivity index (χ3v) is 5.06. The molecule has 3 heteroatoms. The highest BCUT2D eigenvalue weighted by Gasteiger charge is 2.31. The van der Waals surface area contributed by atoms with Crippen molar-refractivity contribution in [1.82, 2.24) is 10.3 Å². The summed E-state index contributed by atoms with van der Waals surface area (Å²) in [6, 6.07) is 6.73. The first kappa shape index (κ1) is 11.8. The molecule has 0 spiro atoms. The number of hydrogen-bond donors (Lipinski definition) is 2. The van der Waals surface area contributed by atoms with Crippen LogP contribution in [0.2, 0.25) is 5.02 Å². The van der Waals surface area contributed by atoms with Crippen molar-refractivity contribution >= 4 is 22.5 Å². The number of H-pyrrole nitrogens is 1. The summed E-state index contributed by atoms with van der Waals surface area (Å²) in [5, 5.41) is 5.89. The molecule has 100 valence electrons. The van der Waals surface area contributed by atoms with Gasteiger partial charge in [-0.1, -0.05) is 24.4 Å². The Hall–Kier alpha value is -0.990. The van der Waals surface area contributed by atoms with Crippen molar-refractivity contribution in [1.29, 1.82) is 0 Å². The van der Waals surface area contributed by atoms with E-state index >= 15 is 0 Å². The number of hydrogen-bond acceptors (Lipinski definition) is 1. The van der Waals surface area contributed by atoms with Gasteiger partial charge in [0, 0.05) is 21.6 Å². The fourth-order valence-electron chi connectivity index (χ4n) is 3.92. The Morgan fingerprint density at radius 3 is 2.84 bits per heavy atom. The van der Waals surface area contributed by atoms with Gasteiger partial charge < -0.3 is 10.3 Å². The third-order valence-electron chi connectivity index (χ3n) is 4.82. The predicted octanol–water partition coefficient (Wildman–Crippen LogP) is 4.20. The summed E-state index contributed by atoms with van der Waals surface area (Å²) in [4.78, 5) is 3.65. The highest BCUT2D eigenvalue weighted by Crippen LogP contribution is 2.40. The molecule has 1 aromatic heterocycles. The maximum absolute atomic E-state index is 6.15. The molecule has 4 rings (SSSR count). The lowest BCUT2D eigenvalue weighted by molar-refractivity contribution is 0.349. The second kappa shape index (κ2) is 4.53. The van der Waals surface area contributed by atoms with Gasteiger partial charge in [0.25, 0.3) is 0 Å². The van der Waals surface area contributed by atoms with Crippen molar-refractivity contribution in [2.75, 3.05) is 6.54 Å². The zero-order valence-electron chi connectivity index (χ0n) is 11.0. The molecule has 2 aromatic rings. The van der Waals surface area contributed by atoms with Crippen molar-refractivity contribution in [3.8, 4) is 0 Å². The molecule has 1 fully saturated rings. The molecule has 2 nitrogen and oxygen atoms in total. The smallest absolute Gasteiger partial charge is 0.0504 e. The van der Waals surface area contributed by atoms with E-state index in [2.05, 4.69) is 22.4 Å². The van der Waals surface area contributed by atoms with E-state index in [9.17, 15) is 0 Å². The summed E-state index contributed by atoms with van der Waals surface area (Å²) >= 11 is 6.15. The molecule has 1 unspecified atom stereocenters. The number of aromatic nitrogens is 1. The molecule has 19 heavy (non-hydrogen) atoms. The van der Waals surface area contributed by atoms with Crippen LogP contribution in [-0.2, 0) is 6.42 Å². The monoisotopic (exact) mass is 274 g/mol. The van der Waals surface area contributed by atoms with Gasteiger partial charge in [0.05, 0.1) is 6.04 Å². The Labute approximate surface area is 118 Å². The van der Waals surface area contributed by atoms with Crippen molar-refractivity contribution in [2.45, 2.75) is 38.1 Å². The minimum Gasteiger partial charge on any atom is -0.357 e. The first-order chi connectivity index (χ1) is 9.33. The van der Waals surface area contributed by atoms with Gasteiger partial charge in [-0.2, -0.15) is 0 Å². The standard InChI is InChI=1S/C16H19ClN2/c17-11-5-6-14-13(9-11)12-7-8-18-15(16(12)19-14)10-3-1-2-4-10/h5-6,9-10,15,18-19H,1-4,7-8H2. The molecule has 0 bridgehead atoms. The van der Waals surface area contributed by atoms with Gasteiger partial charge in [0.2, 0.25) is 0 Å². The molecule has 1 aliphatic carbocycles. The zero-order valence-corrected chi connectivity index (χ0v) is 11.8. The topological polar surface area (TPSA) is 27.8 Å². The van der Waals surface area contributed by atoms with Crippen molar-refractivity contribution in [3.63, 3.8) is 0 Å². The quantitative estimate of drug-likeness (QED) is 0.801. The third kappa shape index (κ3) is 1.89. The SMILES string of the molecule is Clc1ccc2[nH]c3c(c2c1)CCNC3C1CCCC1. The van der Waals surface area contributed by atoms with Gasteiger partial charge in [0.1, 0.15) is 0 Å². The molecule has 2 heterocycles. The molecule has 0 amide bonds. The minimum atomic E-state index is 0.525. The molecular weight excluding hydrogens is 256 g/mol. The average molecular weight is 275 g/mol. The normalized spacial score (nSPS) is 23.9. The second-order valence-corrected chi connectivity index (χ2v) is 6.37. The van der Waals surface area contributed by atoms with Crippen LogP contribution in [0.1, 0.15) is 43.0 Å². The highest BCUT2D eigenvalue weighted by molar-refractivity contribution is 6.31. The van der Waals surface area contributed by atoms with E-state index in [0.717, 1.165) is 23.9 Å². The summed E-state index contributed by atoms with van der Waals surface area (Å²) in [5.41, 5.74) is 4.16. The van der Waals surface area contributed by atoms with Gasteiger partial charge in [-0.3, -0.25) is 0 Å². The first-order valence-corrected chi connectivity index (χ1v) is 7.74. The summed E-state index contributed by atoms with van der Waals surface area (Å²) in [6.45, 7) is 1.09. The van der Waals surface area contributed by atoms with Crippen LogP contribution in [0.4, 0.5) is 0 Å². The van der Waals surface area contributed by atoms with Gasteiger partial charge >= 0.3 is 0 Å². The molecule has 2 aliphatic rings. The van der Waals surface area contributed by atoms with Crippen LogP contribution in [-0.4, -0.2) is 11.5 Å². The van der Waals surface area contributed by atoms with Crippen LogP contribution in [0.5, 0.6) is 0 Å². The highest BCUT2D eigenvalue weighted by atomic mass is 35.5. The second-order valence-electron chi connectivity index (χ2n) is 5.93. The number of aromatic amines is 1. The van der Waals surface area contributed by atoms with E-state index in [1.165, 1.54) is 47.8 Å². The van der Waals surface area contributed by atoms with Crippen LogP contribution in [0.15, 0.2) is 18.2 Å². The lowest BCUT2D eigenvalue weighted by Gasteiger charge is -2.29. The van der Waals surface area contributed by atoms with Crippen molar-refractivity contribution in [2.24, 2.45) is 5.92 Å². The van der Waals surface area contributed by atoms with E-state index in [-0.39, 0.29) is 0 Å². The van der Waals surface area contributed by atoms with Gasteiger partial charge in [-0.05, 0) is 55.5 Å². The Morgan fingerprint density at radius 2 is 2.00 bits per heavy atom. The van der Waals surface area contributed by atoms with E-state index in [1.807, 2.05) is 6.07 Å². The number of halogens is 1. The molecule has 0 radical (unpaired) electrons. The van der Waals surface area contributed by atoms with Crippen LogP contribution < -0.4 is 5.32 Å². The average Bonchev–Trinajstić information content (AvgIpc) is 3.05. The van der Waals surface area contributed by atoms with E-state index in [0.29, 0.717) is 6.04 Å².